The molecule has 0 aliphatic heterocycles. The van der Waals surface area contributed by atoms with E-state index in [9.17, 15) is 4.57 Å². The Balaban J connectivity index is 2.74. The second-order valence-corrected chi connectivity index (χ2v) is 7.10. The molecule has 0 saturated heterocycles. The van der Waals surface area contributed by atoms with Gasteiger partial charge in [0.05, 0.1) is 19.4 Å². The zero-order chi connectivity index (χ0) is 13.6. The third kappa shape index (κ3) is 4.85. The molecule has 18 heavy (non-hydrogen) atoms. The fourth-order valence-corrected chi connectivity index (χ4v) is 3.99. The van der Waals surface area contributed by atoms with Crippen molar-refractivity contribution in [2.24, 2.45) is 0 Å². The first-order valence-corrected chi connectivity index (χ1v) is 8.66. The van der Waals surface area contributed by atoms with Crippen molar-refractivity contribution >= 4 is 23.5 Å². The zero-order valence-electron chi connectivity index (χ0n) is 11.1. The van der Waals surface area contributed by atoms with Gasteiger partial charge in [0.2, 0.25) is 0 Å². The first kappa shape index (κ1) is 15.9. The fraction of sp³-hybridized carbons (Fsp3) is 0.538. The van der Waals surface area contributed by atoms with Gasteiger partial charge in [0.15, 0.2) is 0 Å². The van der Waals surface area contributed by atoms with Crippen LogP contribution in [0.15, 0.2) is 28.7 Å². The van der Waals surface area contributed by atoms with Crippen LogP contribution in [-0.4, -0.2) is 19.4 Å². The van der Waals surface area contributed by atoms with E-state index in [2.05, 4.69) is 15.9 Å². The molecule has 0 radical (unpaired) electrons. The van der Waals surface area contributed by atoms with Crippen molar-refractivity contribution in [1.82, 2.24) is 0 Å². The van der Waals surface area contributed by atoms with E-state index in [-0.39, 0.29) is 5.92 Å². The lowest BCUT2D eigenvalue weighted by atomic mass is 10.0. The number of benzene rings is 1. The molecule has 1 atom stereocenters. The third-order valence-electron chi connectivity index (χ3n) is 2.59. The van der Waals surface area contributed by atoms with Crippen molar-refractivity contribution in [1.29, 1.82) is 0 Å². The van der Waals surface area contributed by atoms with Gasteiger partial charge in [0.25, 0.3) is 0 Å². The highest BCUT2D eigenvalue weighted by atomic mass is 79.9. The smallest absolute Gasteiger partial charge is 0.309 e. The van der Waals surface area contributed by atoms with Gasteiger partial charge in [0, 0.05) is 4.47 Å². The van der Waals surface area contributed by atoms with Gasteiger partial charge in [-0.2, -0.15) is 0 Å². The van der Waals surface area contributed by atoms with Crippen LogP contribution in [0.2, 0.25) is 0 Å². The van der Waals surface area contributed by atoms with Crippen molar-refractivity contribution in [3.05, 3.63) is 34.3 Å². The van der Waals surface area contributed by atoms with E-state index < -0.39 is 7.60 Å². The standard InChI is InChI=1S/C13H20BrO3P/c1-4-16-18(15,17-5-2)10-11(3)12-6-8-13(14)9-7-12/h6-9,11H,4-5,10H2,1-3H3. The van der Waals surface area contributed by atoms with E-state index in [1.807, 2.05) is 45.0 Å². The molecule has 0 bridgehead atoms. The van der Waals surface area contributed by atoms with Crippen LogP contribution in [0.3, 0.4) is 0 Å². The van der Waals surface area contributed by atoms with Gasteiger partial charge >= 0.3 is 7.60 Å². The third-order valence-corrected chi connectivity index (χ3v) is 5.41. The van der Waals surface area contributed by atoms with Gasteiger partial charge in [-0.1, -0.05) is 35.0 Å². The van der Waals surface area contributed by atoms with E-state index >= 15 is 0 Å². The van der Waals surface area contributed by atoms with E-state index in [1.165, 1.54) is 0 Å². The molecular weight excluding hydrogens is 315 g/mol. The van der Waals surface area contributed by atoms with Crippen molar-refractivity contribution < 1.29 is 13.6 Å². The molecule has 0 heterocycles. The van der Waals surface area contributed by atoms with Crippen LogP contribution < -0.4 is 0 Å². The minimum Gasteiger partial charge on any atom is -0.309 e. The number of hydrogen-bond acceptors (Lipinski definition) is 3. The highest BCUT2D eigenvalue weighted by Gasteiger charge is 2.27. The van der Waals surface area contributed by atoms with Crippen LogP contribution >= 0.6 is 23.5 Å². The number of rotatable bonds is 7. The Labute approximate surface area is 118 Å². The monoisotopic (exact) mass is 334 g/mol. The molecule has 0 N–H and O–H groups in total. The summed E-state index contributed by atoms with van der Waals surface area (Å²) in [5.41, 5.74) is 1.14. The first-order chi connectivity index (χ1) is 8.50. The van der Waals surface area contributed by atoms with Gasteiger partial charge < -0.3 is 9.05 Å². The van der Waals surface area contributed by atoms with Gasteiger partial charge in [-0.3, -0.25) is 4.57 Å². The lowest BCUT2D eigenvalue weighted by Crippen LogP contribution is -2.06. The molecular formula is C13H20BrO3P. The molecule has 102 valence electrons. The maximum atomic E-state index is 12.4. The van der Waals surface area contributed by atoms with E-state index in [0.717, 1.165) is 10.0 Å². The average Bonchev–Trinajstić information content (AvgIpc) is 2.30. The van der Waals surface area contributed by atoms with Crippen molar-refractivity contribution in [2.45, 2.75) is 26.7 Å². The molecule has 0 aromatic heterocycles. The maximum absolute atomic E-state index is 12.4. The molecule has 0 saturated carbocycles. The van der Waals surface area contributed by atoms with Gasteiger partial charge in [-0.25, -0.2) is 0 Å². The first-order valence-electron chi connectivity index (χ1n) is 6.14. The molecule has 0 aliphatic carbocycles. The Kier molecular flexibility index (Phi) is 6.58. The van der Waals surface area contributed by atoms with Crippen molar-refractivity contribution in [3.8, 4) is 0 Å². The Morgan fingerprint density at radius 1 is 1.17 bits per heavy atom. The summed E-state index contributed by atoms with van der Waals surface area (Å²) >= 11 is 3.40. The van der Waals surface area contributed by atoms with Gasteiger partial charge in [0.1, 0.15) is 0 Å². The average molecular weight is 335 g/mol. The van der Waals surface area contributed by atoms with E-state index in [4.69, 9.17) is 9.05 Å². The van der Waals surface area contributed by atoms with Crippen LogP contribution in [0.25, 0.3) is 0 Å². The number of halogens is 1. The lowest BCUT2D eigenvalue weighted by Gasteiger charge is -2.21. The summed E-state index contributed by atoms with van der Waals surface area (Å²) in [6.45, 7) is 6.51. The molecule has 1 aromatic rings. The fourth-order valence-electron chi connectivity index (χ4n) is 1.77. The minimum absolute atomic E-state index is 0.141. The summed E-state index contributed by atoms with van der Waals surface area (Å²) in [7, 11) is -2.96. The van der Waals surface area contributed by atoms with Gasteiger partial charge in [-0.05, 0) is 37.5 Å². The SMILES string of the molecule is CCOP(=O)(CC(C)c1ccc(Br)cc1)OCC. The Hall–Kier alpha value is -0.150. The van der Waals surface area contributed by atoms with Crippen molar-refractivity contribution in [3.63, 3.8) is 0 Å². The normalized spacial score (nSPS) is 13.6. The van der Waals surface area contributed by atoms with Crippen LogP contribution in [0.5, 0.6) is 0 Å². The molecule has 3 nitrogen and oxygen atoms in total. The number of hydrogen-bond donors (Lipinski definition) is 0. The Morgan fingerprint density at radius 2 is 1.67 bits per heavy atom. The van der Waals surface area contributed by atoms with E-state index in [0.29, 0.717) is 19.4 Å². The predicted octanol–water partition coefficient (Wildman–Crippen LogP) is 4.82. The predicted molar refractivity (Wildman–Crippen MR) is 78.3 cm³/mol. The van der Waals surface area contributed by atoms with Crippen LogP contribution in [0, 0.1) is 0 Å². The summed E-state index contributed by atoms with van der Waals surface area (Å²) in [4.78, 5) is 0. The lowest BCUT2D eigenvalue weighted by molar-refractivity contribution is 0.219. The van der Waals surface area contributed by atoms with Crippen molar-refractivity contribution in [2.75, 3.05) is 19.4 Å². The maximum Gasteiger partial charge on any atom is 0.331 e. The topological polar surface area (TPSA) is 35.5 Å². The highest BCUT2D eigenvalue weighted by Crippen LogP contribution is 2.51. The molecule has 5 heteroatoms. The zero-order valence-corrected chi connectivity index (χ0v) is 13.5. The van der Waals surface area contributed by atoms with Gasteiger partial charge in [-0.15, -0.1) is 0 Å². The van der Waals surface area contributed by atoms with Crippen LogP contribution in [-0.2, 0) is 13.6 Å². The minimum atomic E-state index is -2.96. The molecule has 0 fully saturated rings. The summed E-state index contributed by atoms with van der Waals surface area (Å²) in [6, 6.07) is 8.02. The summed E-state index contributed by atoms with van der Waals surface area (Å²) < 4.78 is 24.1. The Morgan fingerprint density at radius 3 is 2.11 bits per heavy atom. The highest BCUT2D eigenvalue weighted by molar-refractivity contribution is 9.10. The van der Waals surface area contributed by atoms with E-state index in [1.54, 1.807) is 0 Å². The summed E-state index contributed by atoms with van der Waals surface area (Å²) in [5.74, 6) is 0.141. The molecule has 1 rings (SSSR count). The second-order valence-electron chi connectivity index (χ2n) is 4.08. The molecule has 0 aliphatic rings. The molecule has 1 unspecified atom stereocenters. The molecule has 0 amide bonds. The molecule has 0 spiro atoms. The largest absolute Gasteiger partial charge is 0.331 e. The Bertz CT molecular complexity index is 395. The second kappa shape index (κ2) is 7.44. The molecule has 1 aromatic carbocycles. The summed E-state index contributed by atoms with van der Waals surface area (Å²) in [5, 5.41) is 0. The van der Waals surface area contributed by atoms with Crippen LogP contribution in [0.1, 0.15) is 32.3 Å². The quantitative estimate of drug-likeness (QED) is 0.670. The summed E-state index contributed by atoms with van der Waals surface area (Å²) in [6.07, 6.45) is 0.413. The van der Waals surface area contributed by atoms with Crippen LogP contribution in [0.4, 0.5) is 0 Å².